The molecule has 2 aromatic heterocycles. The lowest BCUT2D eigenvalue weighted by atomic mass is 10.2. The lowest BCUT2D eigenvalue weighted by Gasteiger charge is -2.04. The number of halogens is 2. The molecule has 3 aromatic rings. The average molecular weight is 461 g/mol. The monoisotopic (exact) mass is 460 g/mol. The van der Waals surface area contributed by atoms with E-state index in [0.29, 0.717) is 25.6 Å². The van der Waals surface area contributed by atoms with E-state index in [1.54, 1.807) is 23.9 Å². The van der Waals surface area contributed by atoms with Crippen molar-refractivity contribution in [3.05, 3.63) is 48.9 Å². The number of hydrogen-bond acceptors (Lipinski definition) is 6. The molecule has 0 unspecified atom stereocenters. The Balaban J connectivity index is 2.13. The van der Waals surface area contributed by atoms with Crippen molar-refractivity contribution in [2.24, 2.45) is 4.99 Å². The van der Waals surface area contributed by atoms with E-state index in [9.17, 15) is 9.59 Å². The van der Waals surface area contributed by atoms with Gasteiger partial charge in [0.25, 0.3) is 5.91 Å². The molecule has 10 heteroatoms. The molecule has 0 N–H and O–H groups in total. The number of carbonyl (C=O) groups excluding carboxylic acids is 2. The highest BCUT2D eigenvalue weighted by atomic mass is 35.5. The fraction of sp³-hybridized carbons (Fsp3) is 0.235. The number of carbonyl (C=O) groups is 2. The summed E-state index contributed by atoms with van der Waals surface area (Å²) in [4.78, 5) is 29.2. The van der Waals surface area contributed by atoms with Crippen molar-refractivity contribution in [3.8, 4) is 0 Å². The van der Waals surface area contributed by atoms with Gasteiger partial charge in [-0.15, -0.1) is 11.3 Å². The van der Waals surface area contributed by atoms with Gasteiger partial charge in [-0.3, -0.25) is 4.79 Å². The normalized spacial score (nSPS) is 11.9. The molecule has 0 radical (unpaired) electrons. The lowest BCUT2D eigenvalue weighted by molar-refractivity contribution is 0.0601. The number of fused-ring (bicyclic) bond motifs is 1. The Morgan fingerprint density at radius 3 is 2.67 bits per heavy atom. The Morgan fingerprint density at radius 1 is 1.26 bits per heavy atom. The third kappa shape index (κ3) is 4.41. The number of hydrogen-bond donors (Lipinski definition) is 0. The maximum Gasteiger partial charge on any atom is 0.337 e. The summed E-state index contributed by atoms with van der Waals surface area (Å²) in [5.41, 5.74) is 1.65. The number of thiazole rings is 1. The summed E-state index contributed by atoms with van der Waals surface area (Å²) in [6, 6.07) is 6.82. The standard InChI is InChI=1S/C17H14Cl2N2O3S3/c1-24-16(23)9-3-4-11-12(7-9)26-17(21(11)5-6-25-2)20-15(22)10-8-13(18)27-14(10)19/h3-4,7-8H,5-6H2,1-2H3. The molecule has 3 rings (SSSR count). The molecule has 0 bridgehead atoms. The summed E-state index contributed by atoms with van der Waals surface area (Å²) in [7, 11) is 1.34. The van der Waals surface area contributed by atoms with Crippen molar-refractivity contribution < 1.29 is 14.3 Å². The van der Waals surface area contributed by atoms with Crippen LogP contribution in [0.4, 0.5) is 0 Å². The average Bonchev–Trinajstić information content (AvgIpc) is 3.17. The number of amides is 1. The zero-order valence-electron chi connectivity index (χ0n) is 14.3. The van der Waals surface area contributed by atoms with Crippen molar-refractivity contribution in [2.75, 3.05) is 19.1 Å². The topological polar surface area (TPSA) is 60.7 Å². The van der Waals surface area contributed by atoms with Crippen molar-refractivity contribution in [3.63, 3.8) is 0 Å². The molecule has 1 amide bonds. The maximum absolute atomic E-state index is 12.6. The Labute approximate surface area is 177 Å². The second-order valence-corrected chi connectivity index (χ2v) is 9.64. The highest BCUT2D eigenvalue weighted by Crippen LogP contribution is 2.31. The molecule has 0 aliphatic heterocycles. The number of aryl methyl sites for hydroxylation is 1. The lowest BCUT2D eigenvalue weighted by Crippen LogP contribution is -2.18. The van der Waals surface area contributed by atoms with Crippen molar-refractivity contribution >= 4 is 79.7 Å². The van der Waals surface area contributed by atoms with Gasteiger partial charge in [-0.25, -0.2) is 4.79 Å². The first-order valence-corrected chi connectivity index (χ1v) is 11.5. The second kappa shape index (κ2) is 8.79. The molecular formula is C17H14Cl2N2O3S3. The van der Waals surface area contributed by atoms with Crippen LogP contribution in [0.25, 0.3) is 10.2 Å². The third-order valence-corrected chi connectivity index (χ3v) is 6.83. The molecule has 142 valence electrons. The van der Waals surface area contributed by atoms with Crippen LogP contribution >= 0.6 is 57.6 Å². The van der Waals surface area contributed by atoms with E-state index in [1.165, 1.54) is 24.5 Å². The number of ether oxygens (including phenoxy) is 1. The van der Waals surface area contributed by atoms with Crippen LogP contribution in [0.15, 0.2) is 29.3 Å². The van der Waals surface area contributed by atoms with Crippen molar-refractivity contribution in [2.45, 2.75) is 6.54 Å². The minimum atomic E-state index is -0.444. The first-order valence-electron chi connectivity index (χ1n) is 7.69. The summed E-state index contributed by atoms with van der Waals surface area (Å²) >= 11 is 16.2. The predicted octanol–water partition coefficient (Wildman–Crippen LogP) is 4.96. The maximum atomic E-state index is 12.6. The van der Waals surface area contributed by atoms with Gasteiger partial charge in [0.05, 0.1) is 32.8 Å². The van der Waals surface area contributed by atoms with Crippen LogP contribution in [0.3, 0.4) is 0 Å². The van der Waals surface area contributed by atoms with Crippen LogP contribution in [0.1, 0.15) is 20.7 Å². The highest BCUT2D eigenvalue weighted by molar-refractivity contribution is 7.98. The number of aromatic nitrogens is 1. The molecule has 0 aliphatic carbocycles. The van der Waals surface area contributed by atoms with E-state index in [-0.39, 0.29) is 5.56 Å². The molecule has 2 heterocycles. The minimum absolute atomic E-state index is 0.288. The number of rotatable bonds is 5. The number of nitrogens with zero attached hydrogens (tertiary/aromatic N) is 2. The molecule has 0 aliphatic rings. The number of benzene rings is 1. The molecule has 0 fully saturated rings. The van der Waals surface area contributed by atoms with Gasteiger partial charge in [0, 0.05) is 12.3 Å². The van der Waals surface area contributed by atoms with E-state index in [1.807, 2.05) is 16.9 Å². The van der Waals surface area contributed by atoms with Gasteiger partial charge in [-0.1, -0.05) is 34.5 Å². The van der Waals surface area contributed by atoms with Gasteiger partial charge < -0.3 is 9.30 Å². The molecular weight excluding hydrogens is 447 g/mol. The largest absolute Gasteiger partial charge is 0.465 e. The summed E-state index contributed by atoms with van der Waals surface area (Å²) in [5.74, 6) is 0.00723. The third-order valence-electron chi connectivity index (χ3n) is 3.71. The van der Waals surface area contributed by atoms with Crippen LogP contribution in [0.2, 0.25) is 8.67 Å². The van der Waals surface area contributed by atoms with Crippen LogP contribution in [-0.4, -0.2) is 35.6 Å². The van der Waals surface area contributed by atoms with Crippen LogP contribution in [0, 0.1) is 0 Å². The molecule has 0 spiro atoms. The zero-order chi connectivity index (χ0) is 19.6. The fourth-order valence-electron chi connectivity index (χ4n) is 2.44. The Morgan fingerprint density at radius 2 is 2.04 bits per heavy atom. The Hall–Kier alpha value is -1.32. The van der Waals surface area contributed by atoms with Gasteiger partial charge in [0.2, 0.25) is 0 Å². The van der Waals surface area contributed by atoms with Gasteiger partial charge in [-0.05, 0) is 30.5 Å². The van der Waals surface area contributed by atoms with Gasteiger partial charge in [0.1, 0.15) is 4.34 Å². The smallest absolute Gasteiger partial charge is 0.337 e. The van der Waals surface area contributed by atoms with Crippen LogP contribution in [-0.2, 0) is 11.3 Å². The minimum Gasteiger partial charge on any atom is -0.465 e. The fourth-order valence-corrected chi connectivity index (χ4v) is 5.34. The number of esters is 1. The first kappa shape index (κ1) is 20.4. The van der Waals surface area contributed by atoms with E-state index < -0.39 is 11.9 Å². The second-order valence-electron chi connectivity index (χ2n) is 5.36. The van der Waals surface area contributed by atoms with E-state index in [2.05, 4.69) is 4.99 Å². The SMILES string of the molecule is COC(=O)c1ccc2c(c1)sc(=NC(=O)c1cc(Cl)sc1Cl)n2CCSC. The highest BCUT2D eigenvalue weighted by Gasteiger charge is 2.16. The molecule has 5 nitrogen and oxygen atoms in total. The van der Waals surface area contributed by atoms with Crippen LogP contribution < -0.4 is 4.80 Å². The predicted molar refractivity (Wildman–Crippen MR) is 114 cm³/mol. The molecule has 0 atom stereocenters. The molecule has 27 heavy (non-hydrogen) atoms. The van der Waals surface area contributed by atoms with Crippen molar-refractivity contribution in [1.29, 1.82) is 0 Å². The van der Waals surface area contributed by atoms with E-state index >= 15 is 0 Å². The van der Waals surface area contributed by atoms with E-state index in [4.69, 9.17) is 27.9 Å². The summed E-state index contributed by atoms with van der Waals surface area (Å²) in [6.45, 7) is 0.684. The summed E-state index contributed by atoms with van der Waals surface area (Å²) in [5, 5.41) is 0. The molecule has 0 saturated carbocycles. The first-order chi connectivity index (χ1) is 12.9. The van der Waals surface area contributed by atoms with Crippen LogP contribution in [0.5, 0.6) is 0 Å². The van der Waals surface area contributed by atoms with Gasteiger partial charge >= 0.3 is 5.97 Å². The Kier molecular flexibility index (Phi) is 6.65. The molecule has 1 aromatic carbocycles. The summed E-state index contributed by atoms with van der Waals surface area (Å²) < 4.78 is 8.35. The molecule has 0 saturated heterocycles. The zero-order valence-corrected chi connectivity index (χ0v) is 18.3. The number of thiophene rings is 1. The quantitative estimate of drug-likeness (QED) is 0.504. The van der Waals surface area contributed by atoms with Gasteiger partial charge in [-0.2, -0.15) is 16.8 Å². The number of thioether (sulfide) groups is 1. The van der Waals surface area contributed by atoms with Gasteiger partial charge in [0.15, 0.2) is 4.80 Å². The van der Waals surface area contributed by atoms with E-state index in [0.717, 1.165) is 27.3 Å². The Bertz CT molecular complexity index is 1080. The van der Waals surface area contributed by atoms with Crippen molar-refractivity contribution in [1.82, 2.24) is 4.57 Å². The summed E-state index contributed by atoms with van der Waals surface area (Å²) in [6.07, 6.45) is 2.01. The number of methoxy groups -OCH3 is 1.